The summed E-state index contributed by atoms with van der Waals surface area (Å²) in [5.74, 6) is 5.33. The van der Waals surface area contributed by atoms with Crippen LogP contribution in [0.1, 0.15) is 0 Å². The van der Waals surface area contributed by atoms with E-state index < -0.39 is 4.92 Å². The standard InChI is InChI=1S/C10H9BrN6O2/c11-6-2-1-3-7(4-6)14-9-8(17(18)19)5-13-10(15-9)16-12/h1-5H,12H2,(H2,13,14,15,16). The minimum Gasteiger partial charge on any atom is -0.334 e. The molecule has 0 saturated heterocycles. The first-order valence-electron chi connectivity index (χ1n) is 5.11. The van der Waals surface area contributed by atoms with Gasteiger partial charge in [-0.1, -0.05) is 22.0 Å². The lowest BCUT2D eigenvalue weighted by molar-refractivity contribution is -0.384. The van der Waals surface area contributed by atoms with E-state index in [-0.39, 0.29) is 17.5 Å². The van der Waals surface area contributed by atoms with Gasteiger partial charge >= 0.3 is 5.69 Å². The van der Waals surface area contributed by atoms with Crippen molar-refractivity contribution in [3.63, 3.8) is 0 Å². The van der Waals surface area contributed by atoms with Gasteiger partial charge in [-0.15, -0.1) is 0 Å². The Bertz CT molecular complexity index is 621. The number of nitrogens with one attached hydrogen (secondary N) is 2. The summed E-state index contributed by atoms with van der Waals surface area (Å²) in [6, 6.07) is 7.15. The van der Waals surface area contributed by atoms with Gasteiger partial charge in [-0.25, -0.2) is 10.8 Å². The molecule has 0 fully saturated rings. The molecule has 0 aliphatic heterocycles. The van der Waals surface area contributed by atoms with Crippen LogP contribution in [0.3, 0.4) is 0 Å². The van der Waals surface area contributed by atoms with Crippen molar-refractivity contribution in [3.05, 3.63) is 45.0 Å². The normalized spacial score (nSPS) is 10.0. The third kappa shape index (κ3) is 3.14. The molecule has 0 unspecified atom stereocenters. The number of nitrogens with zero attached hydrogens (tertiary/aromatic N) is 3. The van der Waals surface area contributed by atoms with E-state index in [1.165, 1.54) is 0 Å². The van der Waals surface area contributed by atoms with Crippen LogP contribution in [0.25, 0.3) is 0 Å². The molecule has 4 N–H and O–H groups in total. The Morgan fingerprint density at radius 1 is 1.42 bits per heavy atom. The lowest BCUT2D eigenvalue weighted by atomic mass is 10.3. The predicted molar refractivity (Wildman–Crippen MR) is 73.9 cm³/mol. The van der Waals surface area contributed by atoms with E-state index in [1.54, 1.807) is 18.2 Å². The van der Waals surface area contributed by atoms with Gasteiger partial charge in [0, 0.05) is 10.2 Å². The second kappa shape index (κ2) is 5.59. The highest BCUT2D eigenvalue weighted by Gasteiger charge is 2.17. The van der Waals surface area contributed by atoms with Crippen LogP contribution < -0.4 is 16.6 Å². The molecule has 8 nitrogen and oxygen atoms in total. The summed E-state index contributed by atoms with van der Waals surface area (Å²) in [5, 5.41) is 13.8. The molecule has 2 aromatic rings. The molecule has 0 atom stereocenters. The fraction of sp³-hybridized carbons (Fsp3) is 0. The van der Waals surface area contributed by atoms with Crippen LogP contribution in [0, 0.1) is 10.1 Å². The minimum absolute atomic E-state index is 0.0612. The summed E-state index contributed by atoms with van der Waals surface area (Å²) in [6.07, 6.45) is 1.09. The second-order valence-electron chi connectivity index (χ2n) is 3.46. The number of nitrogens with two attached hydrogens (primary N) is 1. The third-order valence-corrected chi connectivity index (χ3v) is 2.68. The van der Waals surface area contributed by atoms with Gasteiger partial charge < -0.3 is 5.32 Å². The van der Waals surface area contributed by atoms with Crippen LogP contribution in [0.2, 0.25) is 0 Å². The zero-order chi connectivity index (χ0) is 13.8. The summed E-state index contributed by atoms with van der Waals surface area (Å²) in [4.78, 5) is 18.0. The molecular weight excluding hydrogens is 316 g/mol. The highest BCUT2D eigenvalue weighted by atomic mass is 79.9. The highest BCUT2D eigenvalue weighted by molar-refractivity contribution is 9.10. The zero-order valence-corrected chi connectivity index (χ0v) is 11.1. The monoisotopic (exact) mass is 324 g/mol. The highest BCUT2D eigenvalue weighted by Crippen LogP contribution is 2.26. The van der Waals surface area contributed by atoms with E-state index in [1.807, 2.05) is 6.07 Å². The summed E-state index contributed by atoms with van der Waals surface area (Å²) in [6.45, 7) is 0. The second-order valence-corrected chi connectivity index (χ2v) is 4.38. The summed E-state index contributed by atoms with van der Waals surface area (Å²) in [5.41, 5.74) is 2.65. The van der Waals surface area contributed by atoms with Crippen LogP contribution in [0.15, 0.2) is 34.9 Å². The fourth-order valence-corrected chi connectivity index (χ4v) is 1.77. The Labute approximate surface area is 116 Å². The maximum atomic E-state index is 10.9. The van der Waals surface area contributed by atoms with E-state index in [0.717, 1.165) is 10.7 Å². The smallest absolute Gasteiger partial charge is 0.329 e. The van der Waals surface area contributed by atoms with Crippen molar-refractivity contribution in [3.8, 4) is 0 Å². The van der Waals surface area contributed by atoms with Crippen LogP contribution in [0.4, 0.5) is 23.1 Å². The molecule has 0 aliphatic carbocycles. The van der Waals surface area contributed by atoms with Gasteiger partial charge in [-0.05, 0) is 18.2 Å². The summed E-state index contributed by atoms with van der Waals surface area (Å²) < 4.78 is 0.839. The van der Waals surface area contributed by atoms with Crippen LogP contribution in [-0.2, 0) is 0 Å². The SMILES string of the molecule is NNc1ncc([N+](=O)[O-])c(Nc2cccc(Br)c2)n1. The quantitative estimate of drug-likeness (QED) is 0.448. The third-order valence-electron chi connectivity index (χ3n) is 2.18. The van der Waals surface area contributed by atoms with Crippen LogP contribution in [-0.4, -0.2) is 14.9 Å². The maximum absolute atomic E-state index is 10.9. The van der Waals surface area contributed by atoms with E-state index in [0.29, 0.717) is 5.69 Å². The number of nitrogen functional groups attached to an aromatic ring is 1. The Balaban J connectivity index is 2.39. The first kappa shape index (κ1) is 13.2. The average Bonchev–Trinajstić information content (AvgIpc) is 2.38. The lowest BCUT2D eigenvalue weighted by Crippen LogP contribution is -2.12. The number of anilines is 3. The maximum Gasteiger partial charge on any atom is 0.329 e. The first-order chi connectivity index (χ1) is 9.10. The van der Waals surface area contributed by atoms with Crippen molar-refractivity contribution in [2.24, 2.45) is 5.84 Å². The topological polar surface area (TPSA) is 119 Å². The molecule has 19 heavy (non-hydrogen) atoms. The van der Waals surface area contributed by atoms with Gasteiger partial charge in [0.05, 0.1) is 4.92 Å². The summed E-state index contributed by atoms with van der Waals surface area (Å²) >= 11 is 3.31. The number of hydrogen-bond acceptors (Lipinski definition) is 7. The number of aromatic nitrogens is 2. The van der Waals surface area contributed by atoms with Crippen LogP contribution >= 0.6 is 15.9 Å². The van der Waals surface area contributed by atoms with Crippen molar-refractivity contribution in [2.75, 3.05) is 10.7 Å². The molecule has 1 aromatic carbocycles. The van der Waals surface area contributed by atoms with Gasteiger partial charge in [-0.3, -0.25) is 15.5 Å². The zero-order valence-electron chi connectivity index (χ0n) is 9.50. The van der Waals surface area contributed by atoms with Crippen molar-refractivity contribution in [2.45, 2.75) is 0 Å². The number of nitro groups is 1. The predicted octanol–water partition coefficient (Wildman–Crippen LogP) is 2.18. The summed E-state index contributed by atoms with van der Waals surface area (Å²) in [7, 11) is 0. The van der Waals surface area contributed by atoms with Crippen molar-refractivity contribution < 1.29 is 4.92 Å². The molecule has 0 radical (unpaired) electrons. The Morgan fingerprint density at radius 3 is 2.84 bits per heavy atom. The Morgan fingerprint density at radius 2 is 2.21 bits per heavy atom. The largest absolute Gasteiger partial charge is 0.334 e. The molecule has 0 amide bonds. The molecule has 0 bridgehead atoms. The molecule has 98 valence electrons. The molecule has 1 aromatic heterocycles. The molecule has 0 saturated carbocycles. The van der Waals surface area contributed by atoms with Crippen molar-refractivity contribution in [1.29, 1.82) is 0 Å². The fourth-order valence-electron chi connectivity index (χ4n) is 1.37. The first-order valence-corrected chi connectivity index (χ1v) is 5.90. The van der Waals surface area contributed by atoms with Crippen molar-refractivity contribution in [1.82, 2.24) is 9.97 Å². The van der Waals surface area contributed by atoms with Gasteiger partial charge in [0.25, 0.3) is 0 Å². The lowest BCUT2D eigenvalue weighted by Gasteiger charge is -2.07. The van der Waals surface area contributed by atoms with Crippen LogP contribution in [0.5, 0.6) is 0 Å². The van der Waals surface area contributed by atoms with Gasteiger partial charge in [0.1, 0.15) is 6.20 Å². The molecule has 0 aliphatic rings. The van der Waals surface area contributed by atoms with Gasteiger partial charge in [0.15, 0.2) is 0 Å². The molecule has 0 spiro atoms. The number of halogens is 1. The Hall–Kier alpha value is -2.26. The van der Waals surface area contributed by atoms with E-state index in [4.69, 9.17) is 5.84 Å². The van der Waals surface area contributed by atoms with E-state index in [2.05, 4.69) is 36.6 Å². The average molecular weight is 325 g/mol. The van der Waals surface area contributed by atoms with Gasteiger partial charge in [-0.2, -0.15) is 4.98 Å². The van der Waals surface area contributed by atoms with E-state index in [9.17, 15) is 10.1 Å². The molecule has 9 heteroatoms. The molecule has 1 heterocycles. The molecule has 2 rings (SSSR count). The number of hydrogen-bond donors (Lipinski definition) is 3. The molecular formula is C10H9BrN6O2. The number of rotatable bonds is 4. The van der Waals surface area contributed by atoms with Gasteiger partial charge in [0.2, 0.25) is 11.8 Å². The minimum atomic E-state index is -0.569. The van der Waals surface area contributed by atoms with E-state index >= 15 is 0 Å². The Kier molecular flexibility index (Phi) is 3.88. The number of benzene rings is 1. The number of hydrazine groups is 1. The van der Waals surface area contributed by atoms with Crippen molar-refractivity contribution >= 4 is 39.1 Å².